The topological polar surface area (TPSA) is 52.3 Å². The summed E-state index contributed by atoms with van der Waals surface area (Å²) in [5.74, 6) is 0.734. The third kappa shape index (κ3) is 2.08. The minimum absolute atomic E-state index is 0.243. The number of ketones is 1. The van der Waals surface area contributed by atoms with Gasteiger partial charge in [0.2, 0.25) is 0 Å². The van der Waals surface area contributed by atoms with Crippen LogP contribution in [0.1, 0.15) is 38.5 Å². The van der Waals surface area contributed by atoms with Crippen LogP contribution in [0.25, 0.3) is 0 Å². The first-order valence-corrected chi connectivity index (χ1v) is 6.11. The van der Waals surface area contributed by atoms with Crippen molar-refractivity contribution < 1.29 is 9.53 Å². The Balaban J connectivity index is 2.06. The summed E-state index contributed by atoms with van der Waals surface area (Å²) in [4.78, 5) is 12.4. The highest BCUT2D eigenvalue weighted by molar-refractivity contribution is 5.87. The van der Waals surface area contributed by atoms with E-state index in [1.807, 2.05) is 0 Å². The van der Waals surface area contributed by atoms with Gasteiger partial charge in [-0.2, -0.15) is 0 Å². The van der Waals surface area contributed by atoms with Crippen molar-refractivity contribution >= 4 is 5.78 Å². The molecule has 0 spiro atoms. The smallest absolute Gasteiger partial charge is 0.143 e. The number of ether oxygens (including phenoxy) is 1. The van der Waals surface area contributed by atoms with E-state index in [1.54, 1.807) is 0 Å². The van der Waals surface area contributed by atoms with Crippen molar-refractivity contribution in [3.63, 3.8) is 0 Å². The normalized spacial score (nSPS) is 26.7. The molecule has 1 saturated heterocycles. The lowest BCUT2D eigenvalue weighted by molar-refractivity contribution is -0.137. The maximum absolute atomic E-state index is 12.4. The van der Waals surface area contributed by atoms with Crippen LogP contribution in [0.4, 0.5) is 0 Å². The minimum atomic E-state index is -0.243. The van der Waals surface area contributed by atoms with Crippen molar-refractivity contribution in [2.75, 3.05) is 19.8 Å². The summed E-state index contributed by atoms with van der Waals surface area (Å²) in [5.41, 5.74) is 5.59. The molecule has 2 aliphatic rings. The first-order valence-electron chi connectivity index (χ1n) is 6.11. The second-order valence-corrected chi connectivity index (χ2v) is 4.94. The first-order chi connectivity index (χ1) is 7.28. The second kappa shape index (κ2) is 4.62. The molecule has 3 heteroatoms. The number of hydrogen-bond acceptors (Lipinski definition) is 3. The van der Waals surface area contributed by atoms with E-state index in [1.165, 1.54) is 12.8 Å². The Morgan fingerprint density at radius 2 is 1.87 bits per heavy atom. The van der Waals surface area contributed by atoms with Gasteiger partial charge in [0.05, 0.1) is 0 Å². The first kappa shape index (κ1) is 11.1. The molecule has 1 aliphatic carbocycles. The highest BCUT2D eigenvalue weighted by atomic mass is 16.5. The van der Waals surface area contributed by atoms with Crippen molar-refractivity contribution in [3.05, 3.63) is 0 Å². The van der Waals surface area contributed by atoms with Crippen molar-refractivity contribution in [3.8, 4) is 0 Å². The van der Waals surface area contributed by atoms with E-state index in [-0.39, 0.29) is 5.41 Å². The molecule has 0 aromatic heterocycles. The number of Topliss-reactive ketones (excluding diaryl/α,β-unsaturated/α-hetero) is 1. The molecular weight excluding hydrogens is 190 g/mol. The predicted molar refractivity (Wildman–Crippen MR) is 58.5 cm³/mol. The standard InChI is InChI=1S/C12H21NO2/c13-9-12(5-7-15-8-6-12)11(14)10-3-1-2-4-10/h10H,1-9,13H2. The Morgan fingerprint density at radius 3 is 2.40 bits per heavy atom. The highest BCUT2D eigenvalue weighted by Crippen LogP contribution is 2.38. The van der Waals surface area contributed by atoms with Gasteiger partial charge in [-0.1, -0.05) is 12.8 Å². The molecule has 1 saturated carbocycles. The van der Waals surface area contributed by atoms with Crippen molar-refractivity contribution in [2.45, 2.75) is 38.5 Å². The van der Waals surface area contributed by atoms with Gasteiger partial charge >= 0.3 is 0 Å². The van der Waals surface area contributed by atoms with Crippen LogP contribution >= 0.6 is 0 Å². The average Bonchev–Trinajstić information content (AvgIpc) is 2.82. The van der Waals surface area contributed by atoms with Gasteiger partial charge in [-0.15, -0.1) is 0 Å². The number of hydrogen-bond donors (Lipinski definition) is 1. The van der Waals surface area contributed by atoms with E-state index in [0.29, 0.717) is 31.5 Å². The molecule has 1 aliphatic heterocycles. The Labute approximate surface area is 91.4 Å². The van der Waals surface area contributed by atoms with Crippen LogP contribution in [0.5, 0.6) is 0 Å². The SMILES string of the molecule is NCC1(C(=O)C2CCCC2)CCOCC1. The van der Waals surface area contributed by atoms with Crippen LogP contribution in [0.15, 0.2) is 0 Å². The van der Waals surface area contributed by atoms with Gasteiger partial charge < -0.3 is 10.5 Å². The zero-order valence-corrected chi connectivity index (χ0v) is 9.34. The number of nitrogens with two attached hydrogens (primary N) is 1. The number of carbonyl (C=O) groups is 1. The van der Waals surface area contributed by atoms with Crippen molar-refractivity contribution in [1.29, 1.82) is 0 Å². The predicted octanol–water partition coefficient (Wildman–Crippen LogP) is 1.50. The molecule has 1 heterocycles. The fourth-order valence-corrected chi connectivity index (χ4v) is 2.93. The van der Waals surface area contributed by atoms with Crippen LogP contribution in [0, 0.1) is 11.3 Å². The molecule has 0 aromatic carbocycles. The molecule has 86 valence electrons. The van der Waals surface area contributed by atoms with E-state index in [9.17, 15) is 4.79 Å². The van der Waals surface area contributed by atoms with E-state index in [2.05, 4.69) is 0 Å². The third-order valence-corrected chi connectivity index (χ3v) is 4.09. The Kier molecular flexibility index (Phi) is 3.42. The average molecular weight is 211 g/mol. The largest absolute Gasteiger partial charge is 0.381 e. The van der Waals surface area contributed by atoms with Gasteiger partial charge in [0.25, 0.3) is 0 Å². The van der Waals surface area contributed by atoms with Gasteiger partial charge in [0, 0.05) is 31.1 Å². The molecule has 2 fully saturated rings. The quantitative estimate of drug-likeness (QED) is 0.769. The summed E-state index contributed by atoms with van der Waals surface area (Å²) in [6.45, 7) is 1.91. The molecular formula is C12H21NO2. The zero-order chi connectivity index (χ0) is 10.7. The summed E-state index contributed by atoms with van der Waals surface area (Å²) in [5, 5.41) is 0. The van der Waals surface area contributed by atoms with E-state index < -0.39 is 0 Å². The lowest BCUT2D eigenvalue weighted by atomic mass is 9.72. The van der Waals surface area contributed by atoms with Crippen molar-refractivity contribution in [1.82, 2.24) is 0 Å². The van der Waals surface area contributed by atoms with Crippen LogP contribution in [0.3, 0.4) is 0 Å². The van der Waals surface area contributed by atoms with Crippen LogP contribution in [-0.4, -0.2) is 25.5 Å². The summed E-state index contributed by atoms with van der Waals surface area (Å²) >= 11 is 0. The minimum Gasteiger partial charge on any atom is -0.381 e. The monoisotopic (exact) mass is 211 g/mol. The summed E-state index contributed by atoms with van der Waals surface area (Å²) < 4.78 is 5.33. The maximum atomic E-state index is 12.4. The van der Waals surface area contributed by atoms with Crippen LogP contribution < -0.4 is 5.73 Å². The lowest BCUT2D eigenvalue weighted by Crippen LogP contribution is -2.45. The van der Waals surface area contributed by atoms with E-state index in [0.717, 1.165) is 25.7 Å². The van der Waals surface area contributed by atoms with Gasteiger partial charge in [0.1, 0.15) is 5.78 Å². The Bertz CT molecular complexity index is 228. The molecule has 0 amide bonds. The van der Waals surface area contributed by atoms with Crippen LogP contribution in [0.2, 0.25) is 0 Å². The van der Waals surface area contributed by atoms with Crippen molar-refractivity contribution in [2.24, 2.45) is 17.1 Å². The van der Waals surface area contributed by atoms with E-state index in [4.69, 9.17) is 10.5 Å². The maximum Gasteiger partial charge on any atom is 0.143 e. The third-order valence-electron chi connectivity index (χ3n) is 4.09. The second-order valence-electron chi connectivity index (χ2n) is 4.94. The highest BCUT2D eigenvalue weighted by Gasteiger charge is 2.42. The molecule has 0 radical (unpaired) electrons. The van der Waals surface area contributed by atoms with E-state index >= 15 is 0 Å². The summed E-state index contributed by atoms with van der Waals surface area (Å²) in [7, 11) is 0. The molecule has 15 heavy (non-hydrogen) atoms. The fraction of sp³-hybridized carbons (Fsp3) is 0.917. The fourth-order valence-electron chi connectivity index (χ4n) is 2.93. The Morgan fingerprint density at radius 1 is 1.27 bits per heavy atom. The molecule has 2 N–H and O–H groups in total. The molecule has 0 atom stereocenters. The van der Waals surface area contributed by atoms with Crippen LogP contribution in [-0.2, 0) is 9.53 Å². The molecule has 0 bridgehead atoms. The number of rotatable bonds is 3. The van der Waals surface area contributed by atoms with Gasteiger partial charge in [-0.25, -0.2) is 0 Å². The molecule has 0 aromatic rings. The molecule has 3 nitrogen and oxygen atoms in total. The lowest BCUT2D eigenvalue weighted by Gasteiger charge is -2.36. The zero-order valence-electron chi connectivity index (χ0n) is 9.34. The van der Waals surface area contributed by atoms with Gasteiger partial charge in [0.15, 0.2) is 0 Å². The molecule has 2 rings (SSSR count). The van der Waals surface area contributed by atoms with Gasteiger partial charge in [-0.3, -0.25) is 4.79 Å². The van der Waals surface area contributed by atoms with Gasteiger partial charge in [-0.05, 0) is 25.7 Å². The Hall–Kier alpha value is -0.410. The summed E-state index contributed by atoms with van der Waals surface area (Å²) in [6, 6.07) is 0. The number of carbonyl (C=O) groups excluding carboxylic acids is 1. The molecule has 0 unspecified atom stereocenters. The summed E-state index contributed by atoms with van der Waals surface area (Å²) in [6.07, 6.45) is 6.27.